The SMILES string of the molecule is CCC[C@H](NC(=O)Cn1nnc(-c2ccc(F)cc2)n1)c1ccccc1. The Kier molecular flexibility index (Phi) is 5.68. The van der Waals surface area contributed by atoms with Crippen molar-refractivity contribution in [1.29, 1.82) is 0 Å². The number of amides is 1. The van der Waals surface area contributed by atoms with E-state index in [1.165, 1.54) is 16.9 Å². The standard InChI is InChI=1S/C19H20FN5O/c1-2-6-17(14-7-4-3-5-8-14)21-18(26)13-25-23-19(22-24-25)15-9-11-16(20)12-10-15/h3-5,7-12,17H,2,6,13H2,1H3,(H,21,26)/t17-/m0/s1. The summed E-state index contributed by atoms with van der Waals surface area (Å²) in [5.74, 6) is -0.162. The summed E-state index contributed by atoms with van der Waals surface area (Å²) in [4.78, 5) is 13.6. The maximum Gasteiger partial charge on any atom is 0.244 e. The number of carbonyl (C=O) groups is 1. The van der Waals surface area contributed by atoms with Gasteiger partial charge in [-0.3, -0.25) is 4.79 Å². The molecular formula is C19H20FN5O. The molecule has 0 fully saturated rings. The number of halogens is 1. The summed E-state index contributed by atoms with van der Waals surface area (Å²) in [6.07, 6.45) is 1.80. The molecule has 0 radical (unpaired) electrons. The number of benzene rings is 2. The lowest BCUT2D eigenvalue weighted by atomic mass is 10.0. The maximum atomic E-state index is 13.0. The topological polar surface area (TPSA) is 72.7 Å². The van der Waals surface area contributed by atoms with Crippen LogP contribution in [0.1, 0.15) is 31.4 Å². The predicted octanol–water partition coefficient (Wildman–Crippen LogP) is 3.14. The Labute approximate surface area is 151 Å². The van der Waals surface area contributed by atoms with Crippen molar-refractivity contribution in [2.75, 3.05) is 0 Å². The van der Waals surface area contributed by atoms with Crippen molar-refractivity contribution in [3.05, 3.63) is 66.0 Å². The molecule has 0 bridgehead atoms. The van der Waals surface area contributed by atoms with Crippen LogP contribution in [0.25, 0.3) is 11.4 Å². The molecule has 0 saturated carbocycles. The molecular weight excluding hydrogens is 333 g/mol. The zero-order valence-electron chi connectivity index (χ0n) is 14.5. The molecule has 26 heavy (non-hydrogen) atoms. The van der Waals surface area contributed by atoms with E-state index in [0.29, 0.717) is 11.4 Å². The summed E-state index contributed by atoms with van der Waals surface area (Å²) in [6.45, 7) is 2.05. The van der Waals surface area contributed by atoms with Crippen molar-refractivity contribution >= 4 is 5.91 Å². The zero-order valence-corrected chi connectivity index (χ0v) is 14.5. The maximum absolute atomic E-state index is 13.0. The van der Waals surface area contributed by atoms with Gasteiger partial charge in [0.25, 0.3) is 0 Å². The van der Waals surface area contributed by atoms with Crippen LogP contribution in [0.3, 0.4) is 0 Å². The van der Waals surface area contributed by atoms with Gasteiger partial charge >= 0.3 is 0 Å². The highest BCUT2D eigenvalue weighted by atomic mass is 19.1. The van der Waals surface area contributed by atoms with Gasteiger partial charge in [0.1, 0.15) is 12.4 Å². The van der Waals surface area contributed by atoms with Crippen LogP contribution >= 0.6 is 0 Å². The lowest BCUT2D eigenvalue weighted by molar-refractivity contribution is -0.122. The minimum absolute atomic E-state index is 0.0265. The fourth-order valence-corrected chi connectivity index (χ4v) is 2.69. The molecule has 0 aliphatic heterocycles. The molecule has 0 unspecified atom stereocenters. The predicted molar refractivity (Wildman–Crippen MR) is 95.4 cm³/mol. The van der Waals surface area contributed by atoms with Gasteiger partial charge in [0.05, 0.1) is 6.04 Å². The third-order valence-corrected chi connectivity index (χ3v) is 3.95. The van der Waals surface area contributed by atoms with Crippen molar-refractivity contribution in [1.82, 2.24) is 25.5 Å². The second-order valence-electron chi connectivity index (χ2n) is 5.97. The van der Waals surface area contributed by atoms with E-state index in [-0.39, 0.29) is 24.3 Å². The second-order valence-corrected chi connectivity index (χ2v) is 5.97. The second kappa shape index (κ2) is 8.33. The number of hydrogen-bond acceptors (Lipinski definition) is 4. The average Bonchev–Trinajstić information content (AvgIpc) is 3.11. The van der Waals surface area contributed by atoms with Crippen molar-refractivity contribution in [3.63, 3.8) is 0 Å². The first-order valence-corrected chi connectivity index (χ1v) is 8.53. The van der Waals surface area contributed by atoms with Crippen LogP contribution in [-0.4, -0.2) is 26.1 Å². The Morgan fingerprint density at radius 2 is 1.88 bits per heavy atom. The molecule has 1 heterocycles. The molecule has 0 aliphatic rings. The number of nitrogens with zero attached hydrogens (tertiary/aromatic N) is 4. The normalized spacial score (nSPS) is 11.9. The fraction of sp³-hybridized carbons (Fsp3) is 0.263. The van der Waals surface area contributed by atoms with Gasteiger partial charge < -0.3 is 5.32 Å². The van der Waals surface area contributed by atoms with Crippen LogP contribution in [0, 0.1) is 5.82 Å². The molecule has 7 heteroatoms. The summed E-state index contributed by atoms with van der Waals surface area (Å²) in [5, 5.41) is 15.0. The molecule has 6 nitrogen and oxygen atoms in total. The first-order chi connectivity index (χ1) is 12.7. The molecule has 134 valence electrons. The quantitative estimate of drug-likeness (QED) is 0.708. The molecule has 2 aromatic carbocycles. The molecule has 3 aromatic rings. The highest BCUT2D eigenvalue weighted by molar-refractivity contribution is 5.76. The highest BCUT2D eigenvalue weighted by Gasteiger charge is 2.15. The third kappa shape index (κ3) is 4.50. The lowest BCUT2D eigenvalue weighted by Crippen LogP contribution is -2.32. The Bertz CT molecular complexity index is 848. The van der Waals surface area contributed by atoms with Crippen molar-refractivity contribution in [3.8, 4) is 11.4 Å². The number of carbonyl (C=O) groups excluding carboxylic acids is 1. The summed E-state index contributed by atoms with van der Waals surface area (Å²) in [7, 11) is 0. The first-order valence-electron chi connectivity index (χ1n) is 8.53. The summed E-state index contributed by atoms with van der Waals surface area (Å²) >= 11 is 0. The summed E-state index contributed by atoms with van der Waals surface area (Å²) in [5.41, 5.74) is 1.72. The van der Waals surface area contributed by atoms with Gasteiger partial charge in [0, 0.05) is 5.56 Å². The van der Waals surface area contributed by atoms with Gasteiger partial charge in [0.15, 0.2) is 0 Å². The minimum Gasteiger partial charge on any atom is -0.348 e. The van der Waals surface area contributed by atoms with Crippen LogP contribution in [0.4, 0.5) is 4.39 Å². The first kappa shape index (κ1) is 17.7. The smallest absolute Gasteiger partial charge is 0.244 e. The van der Waals surface area contributed by atoms with Crippen molar-refractivity contribution in [2.24, 2.45) is 0 Å². The van der Waals surface area contributed by atoms with Gasteiger partial charge in [-0.15, -0.1) is 10.2 Å². The average molecular weight is 353 g/mol. The van der Waals surface area contributed by atoms with Gasteiger partial charge in [-0.25, -0.2) is 4.39 Å². The van der Waals surface area contributed by atoms with E-state index in [1.807, 2.05) is 30.3 Å². The Morgan fingerprint density at radius 3 is 2.58 bits per heavy atom. The third-order valence-electron chi connectivity index (χ3n) is 3.95. The van der Waals surface area contributed by atoms with Crippen LogP contribution < -0.4 is 5.32 Å². The van der Waals surface area contributed by atoms with E-state index >= 15 is 0 Å². The number of aromatic nitrogens is 4. The van der Waals surface area contributed by atoms with Crippen LogP contribution in [0.5, 0.6) is 0 Å². The number of hydrogen-bond donors (Lipinski definition) is 1. The molecule has 0 saturated heterocycles. The Balaban J connectivity index is 1.65. The number of tetrazole rings is 1. The van der Waals surface area contributed by atoms with Crippen LogP contribution in [0.2, 0.25) is 0 Å². The van der Waals surface area contributed by atoms with Crippen LogP contribution in [-0.2, 0) is 11.3 Å². The molecule has 1 N–H and O–H groups in total. The molecule has 1 aromatic heterocycles. The van der Waals surface area contributed by atoms with E-state index in [9.17, 15) is 9.18 Å². The minimum atomic E-state index is -0.330. The van der Waals surface area contributed by atoms with Crippen molar-refractivity contribution in [2.45, 2.75) is 32.4 Å². The van der Waals surface area contributed by atoms with E-state index in [1.54, 1.807) is 12.1 Å². The fourth-order valence-electron chi connectivity index (χ4n) is 2.69. The number of rotatable bonds is 7. The number of nitrogens with one attached hydrogen (secondary N) is 1. The zero-order chi connectivity index (χ0) is 18.4. The van der Waals surface area contributed by atoms with E-state index in [0.717, 1.165) is 18.4 Å². The van der Waals surface area contributed by atoms with Gasteiger partial charge in [0.2, 0.25) is 11.7 Å². The van der Waals surface area contributed by atoms with E-state index < -0.39 is 0 Å². The monoisotopic (exact) mass is 353 g/mol. The van der Waals surface area contributed by atoms with Gasteiger partial charge in [-0.2, -0.15) is 4.80 Å². The lowest BCUT2D eigenvalue weighted by Gasteiger charge is -2.18. The van der Waals surface area contributed by atoms with E-state index in [2.05, 4.69) is 27.7 Å². The van der Waals surface area contributed by atoms with E-state index in [4.69, 9.17) is 0 Å². The Hall–Kier alpha value is -3.09. The van der Waals surface area contributed by atoms with Gasteiger partial charge in [-0.05, 0) is 41.5 Å². The van der Waals surface area contributed by atoms with Crippen molar-refractivity contribution < 1.29 is 9.18 Å². The molecule has 1 atom stereocenters. The molecule has 3 rings (SSSR count). The highest BCUT2D eigenvalue weighted by Crippen LogP contribution is 2.18. The Morgan fingerprint density at radius 1 is 1.15 bits per heavy atom. The van der Waals surface area contributed by atoms with Gasteiger partial charge in [-0.1, -0.05) is 43.7 Å². The largest absolute Gasteiger partial charge is 0.348 e. The molecule has 1 amide bonds. The summed E-state index contributed by atoms with van der Waals surface area (Å²) < 4.78 is 13.0. The molecule has 0 spiro atoms. The molecule has 0 aliphatic carbocycles. The van der Waals surface area contributed by atoms with Crippen LogP contribution in [0.15, 0.2) is 54.6 Å². The summed E-state index contributed by atoms with van der Waals surface area (Å²) in [6, 6.07) is 15.6.